The lowest BCUT2D eigenvalue weighted by atomic mass is 10.4. The molecule has 0 spiro atoms. The van der Waals surface area contributed by atoms with Crippen molar-refractivity contribution >= 4 is 11.9 Å². The normalized spacial score (nSPS) is 10.1. The van der Waals surface area contributed by atoms with Gasteiger partial charge in [-0.1, -0.05) is 0 Å². The molecule has 1 heterocycles. The third-order valence-corrected chi connectivity index (χ3v) is 1.56. The van der Waals surface area contributed by atoms with Crippen LogP contribution in [0.15, 0.2) is 12.3 Å². The van der Waals surface area contributed by atoms with Crippen LogP contribution in [0.4, 0.5) is 5.95 Å². The Morgan fingerprint density at radius 1 is 1.60 bits per heavy atom. The molecule has 0 fully saturated rings. The van der Waals surface area contributed by atoms with Gasteiger partial charge in [-0.25, -0.2) is 14.8 Å². The highest BCUT2D eigenvalue weighted by Crippen LogP contribution is 2.03. The SMILES string of the molecule is CCOC(=O)c1ccnc(NC(C)C)n1. The summed E-state index contributed by atoms with van der Waals surface area (Å²) in [5, 5.41) is 3.01. The summed E-state index contributed by atoms with van der Waals surface area (Å²) in [6.45, 7) is 6.04. The van der Waals surface area contributed by atoms with Gasteiger partial charge in [0.25, 0.3) is 0 Å². The Morgan fingerprint density at radius 3 is 2.93 bits per heavy atom. The zero-order chi connectivity index (χ0) is 11.3. The molecule has 0 saturated heterocycles. The van der Waals surface area contributed by atoms with Gasteiger partial charge >= 0.3 is 5.97 Å². The summed E-state index contributed by atoms with van der Waals surface area (Å²) in [5.41, 5.74) is 0.273. The molecule has 0 radical (unpaired) electrons. The lowest BCUT2D eigenvalue weighted by Crippen LogP contribution is -2.15. The monoisotopic (exact) mass is 209 g/mol. The smallest absolute Gasteiger partial charge is 0.357 e. The van der Waals surface area contributed by atoms with Gasteiger partial charge in [0.1, 0.15) is 0 Å². The Balaban J connectivity index is 2.78. The maximum Gasteiger partial charge on any atom is 0.357 e. The molecule has 82 valence electrons. The molecule has 1 aromatic heterocycles. The highest BCUT2D eigenvalue weighted by molar-refractivity contribution is 5.87. The van der Waals surface area contributed by atoms with Crippen molar-refractivity contribution in [1.29, 1.82) is 0 Å². The van der Waals surface area contributed by atoms with E-state index in [1.807, 2.05) is 13.8 Å². The van der Waals surface area contributed by atoms with E-state index in [0.717, 1.165) is 0 Å². The lowest BCUT2D eigenvalue weighted by Gasteiger charge is -2.08. The molecule has 0 bridgehead atoms. The van der Waals surface area contributed by atoms with Gasteiger partial charge in [0.2, 0.25) is 5.95 Å². The molecule has 0 atom stereocenters. The third-order valence-electron chi connectivity index (χ3n) is 1.56. The van der Waals surface area contributed by atoms with E-state index in [9.17, 15) is 4.79 Å². The first-order valence-electron chi connectivity index (χ1n) is 4.90. The summed E-state index contributed by atoms with van der Waals surface area (Å²) in [5.74, 6) is 0.0160. The molecular formula is C10H15N3O2. The van der Waals surface area contributed by atoms with E-state index in [0.29, 0.717) is 12.6 Å². The van der Waals surface area contributed by atoms with E-state index in [1.165, 1.54) is 12.3 Å². The van der Waals surface area contributed by atoms with Crippen LogP contribution in [0, 0.1) is 0 Å². The highest BCUT2D eigenvalue weighted by Gasteiger charge is 2.09. The summed E-state index contributed by atoms with van der Waals surface area (Å²) in [6, 6.07) is 1.76. The van der Waals surface area contributed by atoms with Gasteiger partial charge in [0, 0.05) is 12.2 Å². The average Bonchev–Trinajstić information content (AvgIpc) is 2.17. The summed E-state index contributed by atoms with van der Waals surface area (Å²) >= 11 is 0. The van der Waals surface area contributed by atoms with Crippen LogP contribution in [0.1, 0.15) is 31.3 Å². The van der Waals surface area contributed by atoms with Gasteiger partial charge in [-0.3, -0.25) is 0 Å². The summed E-state index contributed by atoms with van der Waals surface area (Å²) in [4.78, 5) is 19.4. The number of nitrogens with zero attached hydrogens (tertiary/aromatic N) is 2. The number of hydrogen-bond donors (Lipinski definition) is 1. The van der Waals surface area contributed by atoms with Gasteiger partial charge < -0.3 is 10.1 Å². The number of esters is 1. The molecular weight excluding hydrogens is 194 g/mol. The average molecular weight is 209 g/mol. The maximum absolute atomic E-state index is 11.3. The number of ether oxygens (including phenoxy) is 1. The lowest BCUT2D eigenvalue weighted by molar-refractivity contribution is 0.0519. The van der Waals surface area contributed by atoms with E-state index in [2.05, 4.69) is 15.3 Å². The Bertz CT molecular complexity index is 339. The van der Waals surface area contributed by atoms with E-state index >= 15 is 0 Å². The van der Waals surface area contributed by atoms with Crippen molar-refractivity contribution < 1.29 is 9.53 Å². The largest absolute Gasteiger partial charge is 0.461 e. The molecule has 1 aromatic rings. The number of aromatic nitrogens is 2. The van der Waals surface area contributed by atoms with E-state index in [-0.39, 0.29) is 11.7 Å². The Labute approximate surface area is 88.9 Å². The minimum Gasteiger partial charge on any atom is -0.461 e. The summed E-state index contributed by atoms with van der Waals surface area (Å²) in [7, 11) is 0. The quantitative estimate of drug-likeness (QED) is 0.761. The fourth-order valence-corrected chi connectivity index (χ4v) is 1.01. The van der Waals surface area contributed by atoms with Crippen molar-refractivity contribution in [3.05, 3.63) is 18.0 Å². The van der Waals surface area contributed by atoms with Crippen LogP contribution >= 0.6 is 0 Å². The predicted molar refractivity (Wildman–Crippen MR) is 56.7 cm³/mol. The Morgan fingerprint density at radius 2 is 2.33 bits per heavy atom. The molecule has 0 unspecified atom stereocenters. The second-order valence-electron chi connectivity index (χ2n) is 3.28. The maximum atomic E-state index is 11.3. The summed E-state index contributed by atoms with van der Waals surface area (Å²) in [6.07, 6.45) is 1.53. The molecule has 5 nitrogen and oxygen atoms in total. The molecule has 0 aliphatic heterocycles. The number of hydrogen-bond acceptors (Lipinski definition) is 5. The number of anilines is 1. The van der Waals surface area contributed by atoms with Crippen LogP contribution in [0.3, 0.4) is 0 Å². The molecule has 0 aromatic carbocycles. The van der Waals surface area contributed by atoms with E-state index < -0.39 is 5.97 Å². The van der Waals surface area contributed by atoms with E-state index in [1.54, 1.807) is 6.92 Å². The molecule has 0 amide bonds. The summed E-state index contributed by atoms with van der Waals surface area (Å²) < 4.78 is 4.83. The first-order valence-corrected chi connectivity index (χ1v) is 4.90. The van der Waals surface area contributed by atoms with Crippen molar-refractivity contribution in [1.82, 2.24) is 9.97 Å². The standard InChI is InChI=1S/C10H15N3O2/c1-4-15-9(14)8-5-6-11-10(13-8)12-7(2)3/h5-7H,4H2,1-3H3,(H,11,12,13). The molecule has 1 rings (SSSR count). The van der Waals surface area contributed by atoms with Gasteiger partial charge in [0.05, 0.1) is 6.61 Å². The fraction of sp³-hybridized carbons (Fsp3) is 0.500. The predicted octanol–water partition coefficient (Wildman–Crippen LogP) is 1.47. The first kappa shape index (κ1) is 11.4. The molecule has 5 heteroatoms. The Hall–Kier alpha value is -1.65. The molecule has 1 N–H and O–H groups in total. The second-order valence-corrected chi connectivity index (χ2v) is 3.28. The van der Waals surface area contributed by atoms with Gasteiger partial charge in [-0.05, 0) is 26.8 Å². The van der Waals surface area contributed by atoms with Crippen LogP contribution in [0.2, 0.25) is 0 Å². The molecule has 0 saturated carbocycles. The zero-order valence-electron chi connectivity index (χ0n) is 9.15. The van der Waals surface area contributed by atoms with Crippen LogP contribution in [-0.4, -0.2) is 28.6 Å². The number of nitrogens with one attached hydrogen (secondary N) is 1. The third kappa shape index (κ3) is 3.53. The van der Waals surface area contributed by atoms with Crippen LogP contribution < -0.4 is 5.32 Å². The number of carbonyl (C=O) groups excluding carboxylic acids is 1. The zero-order valence-corrected chi connectivity index (χ0v) is 9.15. The van der Waals surface area contributed by atoms with Crippen LogP contribution in [-0.2, 0) is 4.74 Å². The van der Waals surface area contributed by atoms with Crippen LogP contribution in [0.5, 0.6) is 0 Å². The van der Waals surface area contributed by atoms with E-state index in [4.69, 9.17) is 4.74 Å². The fourth-order valence-electron chi connectivity index (χ4n) is 1.01. The van der Waals surface area contributed by atoms with Crippen LogP contribution in [0.25, 0.3) is 0 Å². The number of rotatable bonds is 4. The minimum absolute atomic E-state index is 0.224. The van der Waals surface area contributed by atoms with Crippen molar-refractivity contribution in [2.75, 3.05) is 11.9 Å². The molecule has 15 heavy (non-hydrogen) atoms. The highest BCUT2D eigenvalue weighted by atomic mass is 16.5. The minimum atomic E-state index is -0.424. The van der Waals surface area contributed by atoms with Crippen molar-refractivity contribution in [3.8, 4) is 0 Å². The number of carbonyl (C=O) groups is 1. The first-order chi connectivity index (χ1) is 7.13. The van der Waals surface area contributed by atoms with Crippen molar-refractivity contribution in [2.45, 2.75) is 26.8 Å². The second kappa shape index (κ2) is 5.29. The van der Waals surface area contributed by atoms with Gasteiger partial charge in [-0.2, -0.15) is 0 Å². The van der Waals surface area contributed by atoms with Crippen molar-refractivity contribution in [2.24, 2.45) is 0 Å². The van der Waals surface area contributed by atoms with Gasteiger partial charge in [0.15, 0.2) is 5.69 Å². The van der Waals surface area contributed by atoms with Crippen molar-refractivity contribution in [3.63, 3.8) is 0 Å². The molecule has 0 aliphatic carbocycles. The topological polar surface area (TPSA) is 64.1 Å². The molecule has 0 aliphatic rings. The van der Waals surface area contributed by atoms with Gasteiger partial charge in [-0.15, -0.1) is 0 Å². The Kier molecular flexibility index (Phi) is 4.03.